The van der Waals surface area contributed by atoms with Crippen LogP contribution in [0.4, 0.5) is 0 Å². The number of aliphatic hydroxyl groups excluding tert-OH is 1. The number of likely N-dealkylation sites (tertiary alicyclic amines) is 1. The van der Waals surface area contributed by atoms with Crippen LogP contribution in [0.5, 0.6) is 0 Å². The molecule has 0 radical (unpaired) electrons. The Bertz CT molecular complexity index is 487. The van der Waals surface area contributed by atoms with Crippen LogP contribution < -0.4 is 0 Å². The first-order valence-electron chi connectivity index (χ1n) is 6.06. The van der Waals surface area contributed by atoms with Gasteiger partial charge >= 0.3 is 5.97 Å². The van der Waals surface area contributed by atoms with Crippen molar-refractivity contribution in [2.24, 2.45) is 5.92 Å². The van der Waals surface area contributed by atoms with Crippen LogP contribution in [0, 0.1) is 5.92 Å². The molecule has 2 atom stereocenters. The zero-order chi connectivity index (χ0) is 14.0. The molecule has 1 amide bonds. The van der Waals surface area contributed by atoms with E-state index >= 15 is 0 Å². The van der Waals surface area contributed by atoms with E-state index in [1.54, 1.807) is 4.90 Å². The molecule has 0 saturated carbocycles. The molecule has 0 aliphatic carbocycles. The van der Waals surface area contributed by atoms with Gasteiger partial charge in [-0.1, -0.05) is 12.1 Å². The third-order valence-electron chi connectivity index (χ3n) is 3.27. The number of hydrogen-bond acceptors (Lipinski definition) is 5. The van der Waals surface area contributed by atoms with Crippen LogP contribution >= 0.6 is 0 Å². The fraction of sp³-hybridized carbons (Fsp3) is 0.636. The van der Waals surface area contributed by atoms with Crippen molar-refractivity contribution in [1.29, 1.82) is 0 Å². The smallest absolute Gasteiger partial charge is 0.358 e. The molecule has 1 aromatic heterocycles. The van der Waals surface area contributed by atoms with Gasteiger partial charge < -0.3 is 15.1 Å². The number of carboxylic acids is 1. The van der Waals surface area contributed by atoms with Crippen molar-refractivity contribution in [2.45, 2.75) is 26.0 Å². The molecular formula is C11H16N4O4. The molecule has 2 heterocycles. The number of aromatic nitrogens is 3. The van der Waals surface area contributed by atoms with Gasteiger partial charge in [-0.2, -0.15) is 0 Å². The normalized spacial score (nSPS) is 23.4. The molecule has 8 nitrogen and oxygen atoms in total. The lowest BCUT2D eigenvalue weighted by Gasteiger charge is -2.34. The van der Waals surface area contributed by atoms with Crippen molar-refractivity contribution in [3.63, 3.8) is 0 Å². The highest BCUT2D eigenvalue weighted by Gasteiger charge is 2.27. The third kappa shape index (κ3) is 3.08. The van der Waals surface area contributed by atoms with Crippen molar-refractivity contribution in [1.82, 2.24) is 19.9 Å². The monoisotopic (exact) mass is 268 g/mol. The topological polar surface area (TPSA) is 109 Å². The van der Waals surface area contributed by atoms with Gasteiger partial charge in [0.2, 0.25) is 5.91 Å². The first-order chi connectivity index (χ1) is 8.97. The van der Waals surface area contributed by atoms with E-state index in [9.17, 15) is 14.7 Å². The van der Waals surface area contributed by atoms with Crippen molar-refractivity contribution in [3.05, 3.63) is 11.9 Å². The molecule has 2 unspecified atom stereocenters. The lowest BCUT2D eigenvalue weighted by Crippen LogP contribution is -2.46. The number of rotatable bonds is 3. The fourth-order valence-electron chi connectivity index (χ4n) is 2.07. The number of nitrogens with zero attached hydrogens (tertiary/aromatic N) is 4. The van der Waals surface area contributed by atoms with Crippen LogP contribution in [-0.2, 0) is 11.3 Å². The lowest BCUT2D eigenvalue weighted by atomic mass is 9.97. The summed E-state index contributed by atoms with van der Waals surface area (Å²) in [4.78, 5) is 24.3. The van der Waals surface area contributed by atoms with Gasteiger partial charge in [-0.25, -0.2) is 9.48 Å². The summed E-state index contributed by atoms with van der Waals surface area (Å²) in [6, 6.07) is 0. The molecule has 1 aliphatic rings. The molecule has 1 fully saturated rings. The maximum Gasteiger partial charge on any atom is 0.358 e. The zero-order valence-electron chi connectivity index (χ0n) is 10.6. The van der Waals surface area contributed by atoms with Gasteiger partial charge in [0.25, 0.3) is 0 Å². The minimum absolute atomic E-state index is 0.0386. The predicted molar refractivity (Wildman–Crippen MR) is 63.3 cm³/mol. The molecule has 2 N–H and O–H groups in total. The van der Waals surface area contributed by atoms with E-state index in [1.165, 1.54) is 10.9 Å². The summed E-state index contributed by atoms with van der Waals surface area (Å²) in [7, 11) is 0. The second-order valence-corrected chi connectivity index (χ2v) is 4.78. The number of carbonyl (C=O) groups is 2. The van der Waals surface area contributed by atoms with Crippen molar-refractivity contribution >= 4 is 11.9 Å². The van der Waals surface area contributed by atoms with Gasteiger partial charge in [0.05, 0.1) is 12.3 Å². The van der Waals surface area contributed by atoms with Crippen molar-refractivity contribution in [2.75, 3.05) is 13.1 Å². The van der Waals surface area contributed by atoms with Gasteiger partial charge in [-0.05, 0) is 12.3 Å². The van der Waals surface area contributed by atoms with Crippen LogP contribution in [0.2, 0.25) is 0 Å². The average molecular weight is 268 g/mol. The first-order valence-corrected chi connectivity index (χ1v) is 6.06. The molecule has 1 aliphatic heterocycles. The summed E-state index contributed by atoms with van der Waals surface area (Å²) in [5.74, 6) is -1.28. The Morgan fingerprint density at radius 1 is 1.53 bits per heavy atom. The highest BCUT2D eigenvalue weighted by atomic mass is 16.4. The van der Waals surface area contributed by atoms with E-state index in [1.807, 2.05) is 6.92 Å². The summed E-state index contributed by atoms with van der Waals surface area (Å²) in [6.45, 7) is 2.86. The van der Waals surface area contributed by atoms with Crippen molar-refractivity contribution < 1.29 is 19.8 Å². The Morgan fingerprint density at radius 2 is 2.26 bits per heavy atom. The predicted octanol–water partition coefficient (Wildman–Crippen LogP) is -0.794. The molecule has 0 aromatic carbocycles. The Morgan fingerprint density at radius 3 is 2.84 bits per heavy atom. The first kappa shape index (κ1) is 13.5. The Labute approximate surface area is 109 Å². The van der Waals surface area contributed by atoms with Gasteiger partial charge in [-0.3, -0.25) is 4.79 Å². The zero-order valence-corrected chi connectivity index (χ0v) is 10.6. The standard InChI is InChI=1S/C11H16N4O4/c1-7-4-14(3-2-9(7)16)10(17)6-15-5-8(11(18)19)12-13-15/h5,7,9,16H,2-4,6H2,1H3,(H,18,19). The minimum atomic E-state index is -1.17. The summed E-state index contributed by atoms with van der Waals surface area (Å²) < 4.78 is 1.21. The molecule has 8 heteroatoms. The Balaban J connectivity index is 1.95. The van der Waals surface area contributed by atoms with Gasteiger partial charge in [0.15, 0.2) is 5.69 Å². The molecular weight excluding hydrogens is 252 g/mol. The molecule has 1 aromatic rings. The Hall–Kier alpha value is -1.96. The molecule has 2 rings (SSSR count). The van der Waals surface area contributed by atoms with Gasteiger partial charge in [0, 0.05) is 13.1 Å². The number of carboxylic acid groups (broad SMARTS) is 1. The summed E-state index contributed by atoms with van der Waals surface area (Å²) in [5, 5.41) is 25.3. The van der Waals surface area contributed by atoms with E-state index in [-0.39, 0.29) is 30.2 Å². The number of carbonyl (C=O) groups excluding carboxylic acids is 1. The fourth-order valence-corrected chi connectivity index (χ4v) is 2.07. The number of amides is 1. The summed E-state index contributed by atoms with van der Waals surface area (Å²) >= 11 is 0. The molecule has 19 heavy (non-hydrogen) atoms. The summed E-state index contributed by atoms with van der Waals surface area (Å²) in [5.41, 5.74) is -0.185. The highest BCUT2D eigenvalue weighted by Crippen LogP contribution is 2.16. The summed E-state index contributed by atoms with van der Waals surface area (Å²) in [6.07, 6.45) is 1.42. The molecule has 0 bridgehead atoms. The third-order valence-corrected chi connectivity index (χ3v) is 3.27. The SMILES string of the molecule is CC1CN(C(=O)Cn2cc(C(=O)O)nn2)CCC1O. The number of aromatic carboxylic acids is 1. The largest absolute Gasteiger partial charge is 0.476 e. The second-order valence-electron chi connectivity index (χ2n) is 4.78. The lowest BCUT2D eigenvalue weighted by molar-refractivity contribution is -0.135. The maximum absolute atomic E-state index is 12.0. The van der Waals surface area contributed by atoms with Gasteiger partial charge in [0.1, 0.15) is 6.54 Å². The van der Waals surface area contributed by atoms with Gasteiger partial charge in [-0.15, -0.1) is 5.10 Å². The molecule has 0 spiro atoms. The van der Waals surface area contributed by atoms with E-state index in [0.717, 1.165) is 0 Å². The highest BCUT2D eigenvalue weighted by molar-refractivity contribution is 5.84. The number of hydrogen-bond donors (Lipinski definition) is 2. The van der Waals surface area contributed by atoms with Crippen LogP contribution in [0.1, 0.15) is 23.8 Å². The van der Waals surface area contributed by atoms with E-state index < -0.39 is 5.97 Å². The number of piperidine rings is 1. The number of aliphatic hydroxyl groups is 1. The second kappa shape index (κ2) is 5.35. The minimum Gasteiger partial charge on any atom is -0.476 e. The van der Waals surface area contributed by atoms with Crippen molar-refractivity contribution in [3.8, 4) is 0 Å². The van der Waals surface area contributed by atoms with Crippen LogP contribution in [0.25, 0.3) is 0 Å². The van der Waals surface area contributed by atoms with E-state index in [0.29, 0.717) is 19.5 Å². The molecule has 1 saturated heterocycles. The van der Waals surface area contributed by atoms with E-state index in [4.69, 9.17) is 5.11 Å². The average Bonchev–Trinajstić information content (AvgIpc) is 2.81. The molecule has 104 valence electrons. The Kier molecular flexibility index (Phi) is 3.79. The quantitative estimate of drug-likeness (QED) is 0.743. The maximum atomic E-state index is 12.0. The van der Waals surface area contributed by atoms with E-state index in [2.05, 4.69) is 10.3 Å². The van der Waals surface area contributed by atoms with Crippen LogP contribution in [0.15, 0.2) is 6.20 Å². The van der Waals surface area contributed by atoms with Crippen LogP contribution in [-0.4, -0.2) is 61.2 Å². The van der Waals surface area contributed by atoms with Crippen LogP contribution in [0.3, 0.4) is 0 Å².